The van der Waals surface area contributed by atoms with Gasteiger partial charge in [-0.05, 0) is 57.7 Å². The Labute approximate surface area is 140 Å². The van der Waals surface area contributed by atoms with Crippen molar-refractivity contribution >= 4 is 12.0 Å². The molecule has 3 heteroatoms. The van der Waals surface area contributed by atoms with E-state index in [2.05, 4.69) is 50.0 Å². The fourth-order valence-corrected chi connectivity index (χ4v) is 3.06. The van der Waals surface area contributed by atoms with Crippen LogP contribution in [0.2, 0.25) is 0 Å². The molecule has 1 aromatic carbocycles. The average molecular weight is 314 g/mol. The lowest BCUT2D eigenvalue weighted by Gasteiger charge is -2.43. The summed E-state index contributed by atoms with van der Waals surface area (Å²) in [4.78, 5) is 14.6. The maximum atomic E-state index is 12.1. The first-order chi connectivity index (χ1) is 10.9. The normalized spacial score (nSPS) is 19.9. The molecular weight excluding hydrogens is 284 g/mol. The summed E-state index contributed by atoms with van der Waals surface area (Å²) < 4.78 is 0. The van der Waals surface area contributed by atoms with Crippen LogP contribution in [-0.4, -0.2) is 36.0 Å². The second kappa shape index (κ2) is 7.78. The van der Waals surface area contributed by atoms with Crippen molar-refractivity contribution in [2.75, 3.05) is 19.6 Å². The second-order valence-electron chi connectivity index (χ2n) is 7.47. The smallest absolute Gasteiger partial charge is 0.244 e. The van der Waals surface area contributed by atoms with Gasteiger partial charge in [-0.3, -0.25) is 9.69 Å². The van der Waals surface area contributed by atoms with Gasteiger partial charge in [0.15, 0.2) is 0 Å². The van der Waals surface area contributed by atoms with Gasteiger partial charge in [-0.25, -0.2) is 0 Å². The number of hydrogen-bond acceptors (Lipinski definition) is 2. The van der Waals surface area contributed by atoms with Gasteiger partial charge in [0, 0.05) is 24.7 Å². The Bertz CT molecular complexity index is 545. The fourth-order valence-electron chi connectivity index (χ4n) is 3.06. The molecular formula is C20H30N2O. The molecule has 0 spiro atoms. The van der Waals surface area contributed by atoms with E-state index < -0.39 is 0 Å². The van der Waals surface area contributed by atoms with Crippen molar-refractivity contribution in [2.24, 2.45) is 5.92 Å². The average Bonchev–Trinajstić information content (AvgIpc) is 2.52. The van der Waals surface area contributed by atoms with Crippen LogP contribution in [0.3, 0.4) is 0 Å². The molecule has 126 valence electrons. The highest BCUT2D eigenvalue weighted by molar-refractivity contribution is 5.91. The zero-order chi connectivity index (χ0) is 16.9. The maximum absolute atomic E-state index is 12.1. The van der Waals surface area contributed by atoms with Crippen LogP contribution >= 0.6 is 0 Å². The van der Waals surface area contributed by atoms with Gasteiger partial charge in [-0.1, -0.05) is 36.8 Å². The molecule has 0 saturated carbocycles. The molecule has 3 nitrogen and oxygen atoms in total. The maximum Gasteiger partial charge on any atom is 0.244 e. The predicted molar refractivity (Wildman–Crippen MR) is 97.3 cm³/mol. The molecule has 1 atom stereocenters. The molecule has 1 aromatic rings. The minimum Gasteiger partial charge on any atom is -0.351 e. The summed E-state index contributed by atoms with van der Waals surface area (Å²) >= 11 is 0. The van der Waals surface area contributed by atoms with Crippen molar-refractivity contribution in [3.63, 3.8) is 0 Å². The quantitative estimate of drug-likeness (QED) is 0.842. The van der Waals surface area contributed by atoms with Crippen LogP contribution in [0.1, 0.15) is 44.7 Å². The number of nitrogens with zero attached hydrogens (tertiary/aromatic N) is 1. The lowest BCUT2D eigenvalue weighted by molar-refractivity contribution is -0.117. The summed E-state index contributed by atoms with van der Waals surface area (Å²) in [7, 11) is 0. The molecule has 0 aliphatic carbocycles. The molecule has 1 N–H and O–H groups in total. The SMILES string of the molecule is Cc1ccc(/C=C\C(=O)NCC(C)(C)N2CCC[C@H](C)C2)cc1. The Morgan fingerprint density at radius 3 is 2.70 bits per heavy atom. The first kappa shape index (κ1) is 17.7. The topological polar surface area (TPSA) is 32.3 Å². The summed E-state index contributed by atoms with van der Waals surface area (Å²) in [5.41, 5.74) is 2.28. The number of rotatable bonds is 5. The van der Waals surface area contributed by atoms with E-state index in [1.165, 1.54) is 18.4 Å². The van der Waals surface area contributed by atoms with Gasteiger partial charge in [0.2, 0.25) is 5.91 Å². The highest BCUT2D eigenvalue weighted by Gasteiger charge is 2.30. The second-order valence-corrected chi connectivity index (χ2v) is 7.47. The van der Waals surface area contributed by atoms with Crippen molar-refractivity contribution in [3.8, 4) is 0 Å². The molecule has 1 heterocycles. The van der Waals surface area contributed by atoms with Gasteiger partial charge >= 0.3 is 0 Å². The van der Waals surface area contributed by atoms with E-state index in [0.717, 1.165) is 24.6 Å². The molecule has 1 amide bonds. The number of carbonyl (C=O) groups is 1. The van der Waals surface area contributed by atoms with Gasteiger partial charge in [0.05, 0.1) is 0 Å². The number of carbonyl (C=O) groups excluding carboxylic acids is 1. The molecule has 2 rings (SSSR count). The highest BCUT2D eigenvalue weighted by Crippen LogP contribution is 2.23. The molecule has 0 bridgehead atoms. The third-order valence-corrected chi connectivity index (χ3v) is 4.71. The van der Waals surface area contributed by atoms with Crippen molar-refractivity contribution < 1.29 is 4.79 Å². The van der Waals surface area contributed by atoms with Crippen molar-refractivity contribution in [3.05, 3.63) is 41.5 Å². The van der Waals surface area contributed by atoms with Crippen LogP contribution in [0.4, 0.5) is 0 Å². The summed E-state index contributed by atoms with van der Waals surface area (Å²) in [5.74, 6) is 0.726. The van der Waals surface area contributed by atoms with Crippen LogP contribution in [-0.2, 0) is 4.79 Å². The number of piperidine rings is 1. The minimum atomic E-state index is -0.0243. The van der Waals surface area contributed by atoms with E-state index in [0.29, 0.717) is 6.54 Å². The number of likely N-dealkylation sites (tertiary alicyclic amines) is 1. The third-order valence-electron chi connectivity index (χ3n) is 4.71. The molecule has 0 unspecified atom stereocenters. The molecule has 1 fully saturated rings. The Hall–Kier alpha value is -1.61. The number of hydrogen-bond donors (Lipinski definition) is 1. The molecule has 0 aromatic heterocycles. The molecule has 1 aliphatic heterocycles. The third kappa shape index (κ3) is 5.51. The van der Waals surface area contributed by atoms with Gasteiger partial charge in [0.1, 0.15) is 0 Å². The Kier molecular flexibility index (Phi) is 6.00. The van der Waals surface area contributed by atoms with Crippen LogP contribution in [0, 0.1) is 12.8 Å². The van der Waals surface area contributed by atoms with Crippen LogP contribution in [0.15, 0.2) is 30.3 Å². The summed E-state index contributed by atoms with van der Waals surface area (Å²) in [6.07, 6.45) is 6.06. The molecule has 0 radical (unpaired) electrons. The summed E-state index contributed by atoms with van der Waals surface area (Å²) in [5, 5.41) is 3.05. The lowest BCUT2D eigenvalue weighted by Crippen LogP contribution is -2.54. The van der Waals surface area contributed by atoms with E-state index in [4.69, 9.17) is 0 Å². The summed E-state index contributed by atoms with van der Waals surface area (Å²) in [6.45, 7) is 11.7. The van der Waals surface area contributed by atoms with E-state index in [-0.39, 0.29) is 11.4 Å². The van der Waals surface area contributed by atoms with Crippen molar-refractivity contribution in [2.45, 2.75) is 46.1 Å². The minimum absolute atomic E-state index is 0.00202. The zero-order valence-corrected chi connectivity index (χ0v) is 14.9. The number of amides is 1. The van der Waals surface area contributed by atoms with Crippen LogP contribution in [0.5, 0.6) is 0 Å². The van der Waals surface area contributed by atoms with Gasteiger partial charge in [-0.2, -0.15) is 0 Å². The van der Waals surface area contributed by atoms with Crippen molar-refractivity contribution in [1.82, 2.24) is 10.2 Å². The summed E-state index contributed by atoms with van der Waals surface area (Å²) in [6, 6.07) is 8.16. The highest BCUT2D eigenvalue weighted by atomic mass is 16.1. The largest absolute Gasteiger partial charge is 0.351 e. The molecule has 23 heavy (non-hydrogen) atoms. The Morgan fingerprint density at radius 2 is 2.04 bits per heavy atom. The van der Waals surface area contributed by atoms with E-state index >= 15 is 0 Å². The van der Waals surface area contributed by atoms with Gasteiger partial charge < -0.3 is 5.32 Å². The number of nitrogens with one attached hydrogen (secondary N) is 1. The van der Waals surface area contributed by atoms with Crippen molar-refractivity contribution in [1.29, 1.82) is 0 Å². The van der Waals surface area contributed by atoms with E-state index in [1.807, 2.05) is 18.2 Å². The fraction of sp³-hybridized carbons (Fsp3) is 0.550. The van der Waals surface area contributed by atoms with E-state index in [9.17, 15) is 4.79 Å². The molecule has 1 saturated heterocycles. The zero-order valence-electron chi connectivity index (χ0n) is 14.9. The standard InChI is InChI=1S/C20H30N2O/c1-16-7-9-18(10-8-16)11-12-19(23)21-15-20(3,4)22-13-5-6-17(2)14-22/h7-12,17H,5-6,13-15H2,1-4H3,(H,21,23)/b12-11-/t17-/m0/s1. The van der Waals surface area contributed by atoms with Gasteiger partial charge in [0.25, 0.3) is 0 Å². The number of aryl methyl sites for hydroxylation is 1. The van der Waals surface area contributed by atoms with E-state index in [1.54, 1.807) is 6.08 Å². The Balaban J connectivity index is 1.84. The Morgan fingerprint density at radius 1 is 1.35 bits per heavy atom. The predicted octanol–water partition coefficient (Wildman–Crippen LogP) is 3.63. The first-order valence-corrected chi connectivity index (χ1v) is 8.64. The first-order valence-electron chi connectivity index (χ1n) is 8.64. The van der Waals surface area contributed by atoms with Crippen LogP contribution in [0.25, 0.3) is 6.08 Å². The van der Waals surface area contributed by atoms with Gasteiger partial charge in [-0.15, -0.1) is 0 Å². The molecule has 1 aliphatic rings. The lowest BCUT2D eigenvalue weighted by atomic mass is 9.93. The monoisotopic (exact) mass is 314 g/mol. The number of benzene rings is 1. The van der Waals surface area contributed by atoms with Crippen LogP contribution < -0.4 is 5.32 Å².